The SMILES string of the molecule is C[C@@H](Oc1cc(Nc2cc(COC(=O)C(C)(C)C)ccc2N)sc1C(=O)O)c1ccccc1Cl. The van der Waals surface area contributed by atoms with Gasteiger partial charge in [-0.05, 0) is 51.5 Å². The number of benzene rings is 2. The molecular formula is C25H27ClN2O5S. The number of rotatable bonds is 8. The number of carbonyl (C=O) groups excluding carboxylic acids is 1. The molecule has 180 valence electrons. The zero-order chi connectivity index (χ0) is 25.0. The lowest BCUT2D eigenvalue weighted by atomic mass is 9.97. The van der Waals surface area contributed by atoms with Gasteiger partial charge in [-0.3, -0.25) is 4.79 Å². The molecule has 0 saturated heterocycles. The van der Waals surface area contributed by atoms with Crippen LogP contribution in [0.5, 0.6) is 5.75 Å². The number of carbonyl (C=O) groups is 2. The van der Waals surface area contributed by atoms with Gasteiger partial charge in [-0.25, -0.2) is 4.79 Å². The van der Waals surface area contributed by atoms with Gasteiger partial charge < -0.3 is 25.6 Å². The maximum Gasteiger partial charge on any atom is 0.349 e. The third kappa shape index (κ3) is 6.21. The van der Waals surface area contributed by atoms with E-state index < -0.39 is 17.5 Å². The molecule has 34 heavy (non-hydrogen) atoms. The molecule has 9 heteroatoms. The molecule has 0 amide bonds. The molecule has 0 fully saturated rings. The predicted octanol–water partition coefficient (Wildman–Crippen LogP) is 6.65. The van der Waals surface area contributed by atoms with E-state index in [0.717, 1.165) is 22.5 Å². The highest BCUT2D eigenvalue weighted by Gasteiger charge is 2.23. The predicted molar refractivity (Wildman–Crippen MR) is 135 cm³/mol. The molecule has 0 spiro atoms. The summed E-state index contributed by atoms with van der Waals surface area (Å²) in [6.07, 6.45) is -0.458. The van der Waals surface area contributed by atoms with Crippen molar-refractivity contribution in [2.24, 2.45) is 5.41 Å². The fourth-order valence-electron chi connectivity index (χ4n) is 3.03. The van der Waals surface area contributed by atoms with Gasteiger partial charge in [-0.2, -0.15) is 0 Å². The number of carboxylic acids is 1. The Hall–Kier alpha value is -3.23. The van der Waals surface area contributed by atoms with E-state index in [1.54, 1.807) is 58.0 Å². The number of esters is 1. The molecule has 1 heterocycles. The number of carboxylic acid groups (broad SMARTS) is 1. The Kier molecular flexibility index (Phi) is 7.74. The van der Waals surface area contributed by atoms with Crippen LogP contribution in [0, 0.1) is 5.41 Å². The second-order valence-electron chi connectivity index (χ2n) is 8.76. The van der Waals surface area contributed by atoms with Gasteiger partial charge in [-0.15, -0.1) is 11.3 Å². The summed E-state index contributed by atoms with van der Waals surface area (Å²) in [5.74, 6) is -1.19. The van der Waals surface area contributed by atoms with Crippen molar-refractivity contribution in [3.63, 3.8) is 0 Å². The minimum Gasteiger partial charge on any atom is -0.484 e. The van der Waals surface area contributed by atoms with Crippen molar-refractivity contribution < 1.29 is 24.2 Å². The molecule has 3 aromatic rings. The average molecular weight is 503 g/mol. The summed E-state index contributed by atoms with van der Waals surface area (Å²) in [6.45, 7) is 7.26. The molecule has 4 N–H and O–H groups in total. The second-order valence-corrected chi connectivity index (χ2v) is 10.2. The Morgan fingerprint density at radius 2 is 1.88 bits per heavy atom. The van der Waals surface area contributed by atoms with Crippen LogP contribution >= 0.6 is 22.9 Å². The highest BCUT2D eigenvalue weighted by atomic mass is 35.5. The summed E-state index contributed by atoms with van der Waals surface area (Å²) >= 11 is 7.28. The van der Waals surface area contributed by atoms with Crippen molar-refractivity contribution in [3.05, 3.63) is 69.6 Å². The van der Waals surface area contributed by atoms with Gasteiger partial charge in [-0.1, -0.05) is 35.9 Å². The van der Waals surface area contributed by atoms with E-state index in [0.29, 0.717) is 21.4 Å². The van der Waals surface area contributed by atoms with E-state index in [2.05, 4.69) is 5.32 Å². The first-order valence-electron chi connectivity index (χ1n) is 10.6. The molecule has 0 unspecified atom stereocenters. The molecule has 2 aromatic carbocycles. The van der Waals surface area contributed by atoms with Gasteiger partial charge in [0.1, 0.15) is 18.5 Å². The third-order valence-corrected chi connectivity index (χ3v) is 6.26. The van der Waals surface area contributed by atoms with Crippen LogP contribution in [0.2, 0.25) is 5.02 Å². The number of halogens is 1. The number of nitrogen functional groups attached to an aromatic ring is 1. The molecule has 0 saturated carbocycles. The van der Waals surface area contributed by atoms with Crippen molar-refractivity contribution >= 4 is 51.3 Å². The number of nitrogens with one attached hydrogen (secondary N) is 1. The molecule has 1 atom stereocenters. The van der Waals surface area contributed by atoms with E-state index in [9.17, 15) is 14.7 Å². The molecule has 0 aliphatic heterocycles. The fourth-order valence-corrected chi connectivity index (χ4v) is 4.16. The topological polar surface area (TPSA) is 111 Å². The first kappa shape index (κ1) is 25.4. The van der Waals surface area contributed by atoms with E-state index in [1.165, 1.54) is 0 Å². The summed E-state index contributed by atoms with van der Waals surface area (Å²) in [6, 6.07) is 14.1. The number of hydrogen-bond acceptors (Lipinski definition) is 7. The minimum atomic E-state index is -1.10. The maximum absolute atomic E-state index is 12.1. The quantitative estimate of drug-likeness (QED) is 0.233. The van der Waals surface area contributed by atoms with E-state index in [1.807, 2.05) is 18.2 Å². The van der Waals surface area contributed by atoms with Gasteiger partial charge in [0.05, 0.1) is 21.8 Å². The van der Waals surface area contributed by atoms with Crippen LogP contribution in [-0.4, -0.2) is 17.0 Å². The van der Waals surface area contributed by atoms with E-state index in [-0.39, 0.29) is 23.2 Å². The fraction of sp³-hybridized carbons (Fsp3) is 0.280. The lowest BCUT2D eigenvalue weighted by Gasteiger charge is -2.17. The molecule has 0 bridgehead atoms. The zero-order valence-electron chi connectivity index (χ0n) is 19.3. The number of hydrogen-bond donors (Lipinski definition) is 3. The summed E-state index contributed by atoms with van der Waals surface area (Å²) in [5.41, 5.74) is 8.03. The van der Waals surface area contributed by atoms with Crippen molar-refractivity contribution in [1.29, 1.82) is 0 Å². The van der Waals surface area contributed by atoms with Crippen LogP contribution in [0.3, 0.4) is 0 Å². The summed E-state index contributed by atoms with van der Waals surface area (Å²) in [5, 5.41) is 13.9. The normalized spacial score (nSPS) is 12.1. The lowest BCUT2D eigenvalue weighted by Crippen LogP contribution is -2.22. The Morgan fingerprint density at radius 1 is 1.18 bits per heavy atom. The number of anilines is 3. The smallest absolute Gasteiger partial charge is 0.349 e. The molecule has 0 aliphatic carbocycles. The zero-order valence-corrected chi connectivity index (χ0v) is 20.9. The molecule has 7 nitrogen and oxygen atoms in total. The van der Waals surface area contributed by atoms with Crippen molar-refractivity contribution in [1.82, 2.24) is 0 Å². The summed E-state index contributed by atoms with van der Waals surface area (Å²) in [4.78, 5) is 23.9. The molecular weight excluding hydrogens is 476 g/mol. The lowest BCUT2D eigenvalue weighted by molar-refractivity contribution is -0.154. The Labute approximate surface area is 207 Å². The average Bonchev–Trinajstić information content (AvgIpc) is 3.16. The monoisotopic (exact) mass is 502 g/mol. The highest BCUT2D eigenvalue weighted by Crippen LogP contribution is 2.39. The summed E-state index contributed by atoms with van der Waals surface area (Å²) < 4.78 is 11.3. The van der Waals surface area contributed by atoms with Gasteiger partial charge in [0.15, 0.2) is 4.88 Å². The van der Waals surface area contributed by atoms with Crippen molar-refractivity contribution in [2.45, 2.75) is 40.4 Å². The van der Waals surface area contributed by atoms with Gasteiger partial charge >= 0.3 is 11.9 Å². The van der Waals surface area contributed by atoms with Crippen LogP contribution in [0.4, 0.5) is 16.4 Å². The first-order valence-corrected chi connectivity index (χ1v) is 11.8. The highest BCUT2D eigenvalue weighted by molar-refractivity contribution is 7.18. The Balaban J connectivity index is 1.80. The third-order valence-electron chi connectivity index (χ3n) is 4.90. The van der Waals surface area contributed by atoms with Crippen LogP contribution in [-0.2, 0) is 16.1 Å². The van der Waals surface area contributed by atoms with E-state index in [4.69, 9.17) is 26.8 Å². The number of ether oxygens (including phenoxy) is 2. The molecule has 3 rings (SSSR count). The van der Waals surface area contributed by atoms with Gasteiger partial charge in [0.2, 0.25) is 0 Å². The van der Waals surface area contributed by atoms with Crippen LogP contribution in [0.1, 0.15) is 54.6 Å². The number of thiophene rings is 1. The van der Waals surface area contributed by atoms with Crippen LogP contribution in [0.15, 0.2) is 48.5 Å². The summed E-state index contributed by atoms with van der Waals surface area (Å²) in [7, 11) is 0. The van der Waals surface area contributed by atoms with E-state index >= 15 is 0 Å². The van der Waals surface area contributed by atoms with Gasteiger partial charge in [0, 0.05) is 16.7 Å². The molecule has 0 radical (unpaired) electrons. The van der Waals surface area contributed by atoms with Gasteiger partial charge in [0.25, 0.3) is 0 Å². The Bertz CT molecular complexity index is 1200. The van der Waals surface area contributed by atoms with Crippen molar-refractivity contribution in [3.8, 4) is 5.75 Å². The number of aromatic carboxylic acids is 1. The van der Waals surface area contributed by atoms with Crippen LogP contribution < -0.4 is 15.8 Å². The largest absolute Gasteiger partial charge is 0.484 e. The van der Waals surface area contributed by atoms with Crippen LogP contribution in [0.25, 0.3) is 0 Å². The van der Waals surface area contributed by atoms with Crippen molar-refractivity contribution in [2.75, 3.05) is 11.1 Å². The molecule has 1 aromatic heterocycles. The number of nitrogens with two attached hydrogens (primary N) is 1. The molecule has 0 aliphatic rings. The first-order chi connectivity index (χ1) is 16.0. The standard InChI is InChI=1S/C25H27ClN2O5S/c1-14(16-7-5-6-8-17(16)26)33-20-12-21(34-22(20)23(29)30)28-19-11-15(9-10-18(19)27)13-32-24(31)25(2,3)4/h5-12,14,28H,13,27H2,1-4H3,(H,29,30)/t14-/m1/s1. The second kappa shape index (κ2) is 10.4. The maximum atomic E-state index is 12.1. The Morgan fingerprint density at radius 3 is 2.53 bits per heavy atom. The minimum absolute atomic E-state index is 0.0511.